The summed E-state index contributed by atoms with van der Waals surface area (Å²) < 4.78 is 28.6. The minimum absolute atomic E-state index is 0.156. The quantitative estimate of drug-likeness (QED) is 0.894. The molecule has 0 atom stereocenters. The van der Waals surface area contributed by atoms with Gasteiger partial charge in [0.25, 0.3) is 0 Å². The van der Waals surface area contributed by atoms with Crippen molar-refractivity contribution in [2.24, 2.45) is 5.14 Å². The van der Waals surface area contributed by atoms with Gasteiger partial charge in [0.15, 0.2) is 0 Å². The standard InChI is InChI=1S/C13H21NO3S/c1-5-11(6-2)17-12-7-8-13(18(14,15)16)10(4)9(12)3/h7-8,11H,5-6H2,1-4H3,(H2,14,15,16). The summed E-state index contributed by atoms with van der Waals surface area (Å²) >= 11 is 0. The number of rotatable bonds is 5. The van der Waals surface area contributed by atoms with E-state index >= 15 is 0 Å². The van der Waals surface area contributed by atoms with E-state index in [2.05, 4.69) is 13.8 Å². The highest BCUT2D eigenvalue weighted by atomic mass is 32.2. The largest absolute Gasteiger partial charge is 0.490 e. The Kier molecular flexibility index (Phi) is 4.76. The first kappa shape index (κ1) is 15.0. The van der Waals surface area contributed by atoms with Crippen molar-refractivity contribution in [1.82, 2.24) is 0 Å². The third kappa shape index (κ3) is 3.23. The van der Waals surface area contributed by atoms with Gasteiger partial charge in [0.1, 0.15) is 5.75 Å². The van der Waals surface area contributed by atoms with Crippen molar-refractivity contribution in [2.75, 3.05) is 0 Å². The first-order valence-electron chi connectivity index (χ1n) is 6.10. The molecular weight excluding hydrogens is 250 g/mol. The summed E-state index contributed by atoms with van der Waals surface area (Å²) in [4.78, 5) is 0.164. The molecule has 0 aromatic heterocycles. The Morgan fingerprint density at radius 3 is 2.17 bits per heavy atom. The van der Waals surface area contributed by atoms with Crippen molar-refractivity contribution < 1.29 is 13.2 Å². The fraction of sp³-hybridized carbons (Fsp3) is 0.538. The van der Waals surface area contributed by atoms with Crippen LogP contribution in [0.1, 0.15) is 37.8 Å². The van der Waals surface area contributed by atoms with Crippen LogP contribution < -0.4 is 9.88 Å². The molecule has 0 bridgehead atoms. The molecule has 1 rings (SSSR count). The van der Waals surface area contributed by atoms with Crippen LogP contribution in [0, 0.1) is 13.8 Å². The molecule has 1 aromatic carbocycles. The van der Waals surface area contributed by atoms with Crippen molar-refractivity contribution in [3.05, 3.63) is 23.3 Å². The lowest BCUT2D eigenvalue weighted by Gasteiger charge is -2.19. The molecule has 4 nitrogen and oxygen atoms in total. The van der Waals surface area contributed by atoms with Crippen LogP contribution in [0.3, 0.4) is 0 Å². The summed E-state index contributed by atoms with van der Waals surface area (Å²) in [7, 11) is -3.67. The molecule has 0 aliphatic carbocycles. The Labute approximate surface area is 109 Å². The van der Waals surface area contributed by atoms with Gasteiger partial charge in [-0.1, -0.05) is 13.8 Å². The fourth-order valence-corrected chi connectivity index (χ4v) is 2.68. The summed E-state index contributed by atoms with van der Waals surface area (Å²) in [6, 6.07) is 3.19. The van der Waals surface area contributed by atoms with Gasteiger partial charge in [0.2, 0.25) is 10.0 Å². The van der Waals surface area contributed by atoms with Gasteiger partial charge < -0.3 is 4.74 Å². The van der Waals surface area contributed by atoms with Gasteiger partial charge in [-0.3, -0.25) is 0 Å². The summed E-state index contributed by atoms with van der Waals surface area (Å²) in [5, 5.41) is 5.16. The minimum atomic E-state index is -3.67. The molecular formula is C13H21NO3S. The minimum Gasteiger partial charge on any atom is -0.490 e. The first-order chi connectivity index (χ1) is 8.31. The van der Waals surface area contributed by atoms with Crippen LogP contribution in [-0.4, -0.2) is 14.5 Å². The van der Waals surface area contributed by atoms with E-state index in [1.54, 1.807) is 13.0 Å². The summed E-state index contributed by atoms with van der Waals surface area (Å²) in [5.41, 5.74) is 1.48. The van der Waals surface area contributed by atoms with Crippen molar-refractivity contribution in [3.63, 3.8) is 0 Å². The maximum atomic E-state index is 11.4. The number of benzene rings is 1. The maximum absolute atomic E-state index is 11.4. The Balaban J connectivity index is 3.16. The molecule has 1 aromatic rings. The zero-order valence-corrected chi connectivity index (χ0v) is 12.2. The van der Waals surface area contributed by atoms with E-state index < -0.39 is 10.0 Å². The van der Waals surface area contributed by atoms with Crippen molar-refractivity contribution in [2.45, 2.75) is 51.5 Å². The van der Waals surface area contributed by atoms with Gasteiger partial charge in [0, 0.05) is 0 Å². The lowest BCUT2D eigenvalue weighted by molar-refractivity contribution is 0.191. The third-order valence-electron chi connectivity index (χ3n) is 3.20. The van der Waals surface area contributed by atoms with Crippen LogP contribution in [-0.2, 0) is 10.0 Å². The Morgan fingerprint density at radius 2 is 1.72 bits per heavy atom. The van der Waals surface area contributed by atoms with Crippen LogP contribution in [0.2, 0.25) is 0 Å². The zero-order valence-electron chi connectivity index (χ0n) is 11.4. The normalized spacial score (nSPS) is 11.9. The molecule has 0 amide bonds. The van der Waals surface area contributed by atoms with Crippen molar-refractivity contribution >= 4 is 10.0 Å². The number of sulfonamides is 1. The molecule has 102 valence electrons. The zero-order chi connectivity index (χ0) is 13.9. The van der Waals surface area contributed by atoms with E-state index in [1.807, 2.05) is 6.92 Å². The monoisotopic (exact) mass is 271 g/mol. The van der Waals surface area contributed by atoms with E-state index in [4.69, 9.17) is 9.88 Å². The lowest BCUT2D eigenvalue weighted by atomic mass is 10.1. The summed E-state index contributed by atoms with van der Waals surface area (Å²) in [6.07, 6.45) is 2.00. The first-order valence-corrected chi connectivity index (χ1v) is 7.65. The van der Waals surface area contributed by atoms with Gasteiger partial charge in [-0.15, -0.1) is 0 Å². The van der Waals surface area contributed by atoms with Crippen molar-refractivity contribution in [3.8, 4) is 5.75 Å². The van der Waals surface area contributed by atoms with Gasteiger partial charge in [-0.2, -0.15) is 0 Å². The molecule has 5 heteroatoms. The topological polar surface area (TPSA) is 69.4 Å². The molecule has 0 aliphatic heterocycles. The average Bonchev–Trinajstić information content (AvgIpc) is 2.29. The second kappa shape index (κ2) is 5.71. The van der Waals surface area contributed by atoms with E-state index in [0.29, 0.717) is 5.56 Å². The molecule has 0 saturated heterocycles. The predicted molar refractivity (Wildman–Crippen MR) is 72.3 cm³/mol. The lowest BCUT2D eigenvalue weighted by Crippen LogP contribution is -2.17. The van der Waals surface area contributed by atoms with Gasteiger partial charge >= 0.3 is 0 Å². The summed E-state index contributed by atoms with van der Waals surface area (Å²) in [5.74, 6) is 0.730. The SMILES string of the molecule is CCC(CC)Oc1ccc(S(N)(=O)=O)c(C)c1C. The molecule has 0 fully saturated rings. The fourth-order valence-electron chi connectivity index (χ4n) is 1.84. The third-order valence-corrected chi connectivity index (χ3v) is 4.25. The van der Waals surface area contributed by atoms with Crippen LogP contribution in [0.15, 0.2) is 17.0 Å². The van der Waals surface area contributed by atoms with Crippen molar-refractivity contribution in [1.29, 1.82) is 0 Å². The van der Waals surface area contributed by atoms with Crippen LogP contribution in [0.5, 0.6) is 5.75 Å². The molecule has 0 radical (unpaired) electrons. The summed E-state index contributed by atoms with van der Waals surface area (Å²) in [6.45, 7) is 7.72. The Morgan fingerprint density at radius 1 is 1.17 bits per heavy atom. The van der Waals surface area contributed by atoms with E-state index in [1.165, 1.54) is 6.07 Å². The molecule has 0 spiro atoms. The van der Waals surface area contributed by atoms with Gasteiger partial charge in [-0.05, 0) is 49.9 Å². The number of hydrogen-bond donors (Lipinski definition) is 1. The Hall–Kier alpha value is -1.07. The number of ether oxygens (including phenoxy) is 1. The predicted octanol–water partition coefficient (Wildman–Crippen LogP) is 2.52. The van der Waals surface area contributed by atoms with Gasteiger partial charge in [-0.25, -0.2) is 13.6 Å². The van der Waals surface area contributed by atoms with E-state index in [9.17, 15) is 8.42 Å². The highest BCUT2D eigenvalue weighted by Crippen LogP contribution is 2.27. The second-order valence-corrected chi connectivity index (χ2v) is 5.94. The molecule has 0 aliphatic rings. The second-order valence-electron chi connectivity index (χ2n) is 4.41. The Bertz CT molecular complexity index is 519. The van der Waals surface area contributed by atoms with E-state index in [0.717, 1.165) is 24.2 Å². The van der Waals surface area contributed by atoms with Crippen LogP contribution in [0.4, 0.5) is 0 Å². The van der Waals surface area contributed by atoms with Crippen LogP contribution >= 0.6 is 0 Å². The molecule has 2 N–H and O–H groups in total. The molecule has 18 heavy (non-hydrogen) atoms. The maximum Gasteiger partial charge on any atom is 0.238 e. The van der Waals surface area contributed by atoms with E-state index in [-0.39, 0.29) is 11.0 Å². The number of primary sulfonamides is 1. The number of hydrogen-bond acceptors (Lipinski definition) is 3. The van der Waals surface area contributed by atoms with Gasteiger partial charge in [0.05, 0.1) is 11.0 Å². The van der Waals surface area contributed by atoms with Crippen LogP contribution in [0.25, 0.3) is 0 Å². The highest BCUT2D eigenvalue weighted by molar-refractivity contribution is 7.89. The molecule has 0 saturated carbocycles. The highest BCUT2D eigenvalue weighted by Gasteiger charge is 2.16. The average molecular weight is 271 g/mol. The molecule has 0 unspecified atom stereocenters. The number of nitrogens with two attached hydrogens (primary N) is 1. The molecule has 0 heterocycles. The smallest absolute Gasteiger partial charge is 0.238 e.